The normalized spacial score (nSPS) is 13.4. The molecule has 0 heterocycles. The van der Waals surface area contributed by atoms with Gasteiger partial charge in [0.25, 0.3) is 0 Å². The highest BCUT2D eigenvalue weighted by Crippen LogP contribution is 2.42. The third kappa shape index (κ3) is 4.53. The predicted molar refractivity (Wildman–Crippen MR) is 39.6 cm³/mol. The van der Waals surface area contributed by atoms with E-state index in [4.69, 9.17) is 0 Å². The topological polar surface area (TPSA) is 0 Å². The van der Waals surface area contributed by atoms with E-state index in [0.717, 1.165) is 0 Å². The van der Waals surface area contributed by atoms with Crippen molar-refractivity contribution in [2.24, 2.45) is 5.92 Å². The zero-order valence-electron chi connectivity index (χ0n) is 7.25. The van der Waals surface area contributed by atoms with Gasteiger partial charge in [0, 0.05) is 0 Å². The molecule has 0 bridgehead atoms. The minimum absolute atomic E-state index is 0.155. The van der Waals surface area contributed by atoms with Crippen LogP contribution in [0.3, 0.4) is 0 Å². The lowest BCUT2D eigenvalue weighted by Gasteiger charge is -2.22. The van der Waals surface area contributed by atoms with E-state index in [2.05, 4.69) is 6.58 Å². The van der Waals surface area contributed by atoms with Gasteiger partial charge in [0.15, 0.2) is 5.92 Å². The van der Waals surface area contributed by atoms with Crippen molar-refractivity contribution in [3.63, 3.8) is 0 Å². The Balaban J connectivity index is 4.35. The Morgan fingerprint density at radius 2 is 1.43 bits per heavy atom. The standard InChI is InChI=1S/C8H10F6/c1-2-3-4-5-6(7(9,10)11)8(12,13)14/h2,6H,1,3-5H2. The van der Waals surface area contributed by atoms with Gasteiger partial charge in [0.1, 0.15) is 0 Å². The highest BCUT2D eigenvalue weighted by Gasteiger charge is 2.55. The van der Waals surface area contributed by atoms with E-state index >= 15 is 0 Å². The Labute approximate surface area is 77.6 Å². The zero-order chi connectivity index (χ0) is 11.4. The maximum atomic E-state index is 11.9. The molecular formula is C8H10F6. The van der Waals surface area contributed by atoms with Crippen molar-refractivity contribution in [1.82, 2.24) is 0 Å². The lowest BCUT2D eigenvalue weighted by atomic mass is 10.0. The van der Waals surface area contributed by atoms with Crippen molar-refractivity contribution in [3.8, 4) is 0 Å². The number of hydrogen-bond acceptors (Lipinski definition) is 0. The largest absolute Gasteiger partial charge is 0.400 e. The number of hydrogen-bond donors (Lipinski definition) is 0. The second kappa shape index (κ2) is 4.70. The first-order valence-corrected chi connectivity index (χ1v) is 3.94. The van der Waals surface area contributed by atoms with Crippen LogP contribution >= 0.6 is 0 Å². The van der Waals surface area contributed by atoms with Gasteiger partial charge in [-0.1, -0.05) is 6.08 Å². The average molecular weight is 220 g/mol. The second-order valence-electron chi connectivity index (χ2n) is 2.86. The number of allylic oxidation sites excluding steroid dienone is 1. The van der Waals surface area contributed by atoms with Crippen molar-refractivity contribution in [3.05, 3.63) is 12.7 Å². The summed E-state index contributed by atoms with van der Waals surface area (Å²) in [5, 5.41) is 0. The summed E-state index contributed by atoms with van der Waals surface area (Å²) in [4.78, 5) is 0. The molecule has 84 valence electrons. The lowest BCUT2D eigenvalue weighted by Crippen LogP contribution is -2.36. The summed E-state index contributed by atoms with van der Waals surface area (Å²) >= 11 is 0. The summed E-state index contributed by atoms with van der Waals surface area (Å²) in [5.74, 6) is -3.21. The number of unbranched alkanes of at least 4 members (excludes halogenated alkanes) is 1. The fourth-order valence-corrected chi connectivity index (χ4v) is 0.979. The van der Waals surface area contributed by atoms with Crippen LogP contribution in [0.25, 0.3) is 0 Å². The van der Waals surface area contributed by atoms with Gasteiger partial charge >= 0.3 is 12.4 Å². The van der Waals surface area contributed by atoms with Gasteiger partial charge in [-0.15, -0.1) is 6.58 Å². The smallest absolute Gasteiger partial charge is 0.170 e. The minimum atomic E-state index is -5.21. The number of rotatable bonds is 4. The Hall–Kier alpha value is -0.680. The number of halogens is 6. The molecule has 0 aromatic carbocycles. The molecular weight excluding hydrogens is 210 g/mol. The first-order valence-electron chi connectivity index (χ1n) is 3.94. The molecule has 0 saturated heterocycles. The fraction of sp³-hybridized carbons (Fsp3) is 0.750. The van der Waals surface area contributed by atoms with Crippen LogP contribution in [0.2, 0.25) is 0 Å². The predicted octanol–water partition coefficient (Wildman–Crippen LogP) is 4.08. The van der Waals surface area contributed by atoms with Gasteiger partial charge in [-0.25, -0.2) is 0 Å². The van der Waals surface area contributed by atoms with Crippen LogP contribution in [0.15, 0.2) is 12.7 Å². The van der Waals surface area contributed by atoms with E-state index in [0.29, 0.717) is 0 Å². The molecule has 0 aliphatic rings. The van der Waals surface area contributed by atoms with Gasteiger partial charge in [0.2, 0.25) is 0 Å². The average Bonchev–Trinajstić information content (AvgIpc) is 1.92. The minimum Gasteiger partial charge on any atom is -0.170 e. The quantitative estimate of drug-likeness (QED) is 0.380. The van der Waals surface area contributed by atoms with Crippen LogP contribution in [-0.4, -0.2) is 12.4 Å². The highest BCUT2D eigenvalue weighted by molar-refractivity contribution is 4.77. The molecule has 0 radical (unpaired) electrons. The van der Waals surface area contributed by atoms with Crippen LogP contribution in [0, 0.1) is 5.92 Å². The van der Waals surface area contributed by atoms with Crippen LogP contribution in [-0.2, 0) is 0 Å². The molecule has 0 unspecified atom stereocenters. The summed E-state index contributed by atoms with van der Waals surface area (Å²) in [5.41, 5.74) is 0. The molecule has 0 aromatic heterocycles. The number of alkyl halides is 6. The Bertz CT molecular complexity index is 163. The van der Waals surface area contributed by atoms with Crippen LogP contribution in [0.5, 0.6) is 0 Å². The molecule has 14 heavy (non-hydrogen) atoms. The van der Waals surface area contributed by atoms with E-state index in [9.17, 15) is 26.3 Å². The van der Waals surface area contributed by atoms with E-state index < -0.39 is 24.7 Å². The van der Waals surface area contributed by atoms with Gasteiger partial charge in [-0.05, 0) is 19.3 Å². The molecule has 0 nitrogen and oxygen atoms in total. The molecule has 0 fully saturated rings. The van der Waals surface area contributed by atoms with E-state index in [1.807, 2.05) is 0 Å². The summed E-state index contributed by atoms with van der Waals surface area (Å²) in [6.07, 6.45) is -10.1. The Morgan fingerprint density at radius 3 is 1.71 bits per heavy atom. The van der Waals surface area contributed by atoms with Crippen molar-refractivity contribution >= 4 is 0 Å². The first kappa shape index (κ1) is 13.3. The van der Waals surface area contributed by atoms with Gasteiger partial charge in [-0.3, -0.25) is 0 Å². The summed E-state index contributed by atoms with van der Waals surface area (Å²) in [6, 6.07) is 0. The van der Waals surface area contributed by atoms with E-state index in [-0.39, 0.29) is 12.8 Å². The third-order valence-electron chi connectivity index (χ3n) is 1.69. The molecule has 0 saturated carbocycles. The van der Waals surface area contributed by atoms with E-state index in [1.165, 1.54) is 6.08 Å². The van der Waals surface area contributed by atoms with Crippen LogP contribution in [0.1, 0.15) is 19.3 Å². The van der Waals surface area contributed by atoms with Crippen molar-refractivity contribution in [2.75, 3.05) is 0 Å². The van der Waals surface area contributed by atoms with Gasteiger partial charge in [0.05, 0.1) is 0 Å². The molecule has 0 aromatic rings. The maximum Gasteiger partial charge on any atom is 0.400 e. The molecule has 6 heteroatoms. The Morgan fingerprint density at radius 1 is 1.00 bits per heavy atom. The Kier molecular flexibility index (Phi) is 4.48. The molecule has 0 amide bonds. The van der Waals surface area contributed by atoms with Crippen molar-refractivity contribution in [2.45, 2.75) is 31.6 Å². The lowest BCUT2D eigenvalue weighted by molar-refractivity contribution is -0.285. The van der Waals surface area contributed by atoms with Crippen molar-refractivity contribution < 1.29 is 26.3 Å². The SMILES string of the molecule is C=CCCCC(C(F)(F)F)C(F)(F)F. The third-order valence-corrected chi connectivity index (χ3v) is 1.69. The summed E-state index contributed by atoms with van der Waals surface area (Å²) in [6.45, 7) is 3.22. The molecule has 0 aliphatic heterocycles. The van der Waals surface area contributed by atoms with Gasteiger partial charge < -0.3 is 0 Å². The first-order chi connectivity index (χ1) is 6.19. The fourth-order valence-electron chi connectivity index (χ4n) is 0.979. The highest BCUT2D eigenvalue weighted by atomic mass is 19.4. The molecule has 0 aliphatic carbocycles. The molecule has 0 N–H and O–H groups in total. The summed E-state index contributed by atoms with van der Waals surface area (Å²) in [7, 11) is 0. The summed E-state index contributed by atoms with van der Waals surface area (Å²) < 4.78 is 71.4. The molecule has 0 atom stereocenters. The maximum absolute atomic E-state index is 11.9. The molecule has 0 spiro atoms. The second-order valence-corrected chi connectivity index (χ2v) is 2.86. The molecule has 0 rings (SSSR count). The van der Waals surface area contributed by atoms with Gasteiger partial charge in [-0.2, -0.15) is 26.3 Å². The van der Waals surface area contributed by atoms with Crippen LogP contribution < -0.4 is 0 Å². The van der Waals surface area contributed by atoms with E-state index in [1.54, 1.807) is 0 Å². The monoisotopic (exact) mass is 220 g/mol. The van der Waals surface area contributed by atoms with Crippen molar-refractivity contribution in [1.29, 1.82) is 0 Å². The van der Waals surface area contributed by atoms with Crippen LogP contribution in [0.4, 0.5) is 26.3 Å². The zero-order valence-corrected chi connectivity index (χ0v) is 7.25.